The van der Waals surface area contributed by atoms with Gasteiger partial charge in [-0.05, 0) is 25.0 Å². The second-order valence-corrected chi connectivity index (χ2v) is 5.74. The van der Waals surface area contributed by atoms with E-state index in [0.29, 0.717) is 30.9 Å². The average Bonchev–Trinajstić information content (AvgIpc) is 2.82. The Balaban J connectivity index is 1.89. The number of halogens is 1. The zero-order valence-electron chi connectivity index (χ0n) is 11.9. The van der Waals surface area contributed by atoms with Gasteiger partial charge in [0.05, 0.1) is 12.3 Å². The van der Waals surface area contributed by atoms with E-state index >= 15 is 0 Å². The Morgan fingerprint density at radius 2 is 2.33 bits per heavy atom. The molecule has 0 bridgehead atoms. The molecule has 3 rings (SSSR count). The van der Waals surface area contributed by atoms with E-state index in [1.807, 2.05) is 24.0 Å². The minimum atomic E-state index is -1.53. The summed E-state index contributed by atoms with van der Waals surface area (Å²) in [4.78, 5) is 18.5. The quantitative estimate of drug-likeness (QED) is 0.913. The van der Waals surface area contributed by atoms with Gasteiger partial charge in [0.1, 0.15) is 11.3 Å². The fourth-order valence-electron chi connectivity index (χ4n) is 2.80. The van der Waals surface area contributed by atoms with Crippen LogP contribution in [0.15, 0.2) is 29.2 Å². The Morgan fingerprint density at radius 3 is 3.05 bits per heavy atom. The van der Waals surface area contributed by atoms with E-state index < -0.39 is 12.3 Å². The molecule has 1 aliphatic heterocycles. The third-order valence-electron chi connectivity index (χ3n) is 3.99. The van der Waals surface area contributed by atoms with Crippen LogP contribution in [0.3, 0.4) is 0 Å². The smallest absolute Gasteiger partial charge is 0.258 e. The first kappa shape index (κ1) is 14.2. The van der Waals surface area contributed by atoms with Gasteiger partial charge in [0.25, 0.3) is 5.56 Å². The number of pyridine rings is 1. The van der Waals surface area contributed by atoms with Crippen LogP contribution in [-0.4, -0.2) is 44.8 Å². The van der Waals surface area contributed by atoms with Crippen LogP contribution < -0.4 is 5.56 Å². The van der Waals surface area contributed by atoms with E-state index in [-0.39, 0.29) is 12.1 Å². The molecular weight excluding hydrogens is 273 g/mol. The zero-order chi connectivity index (χ0) is 15.0. The number of aliphatic hydroxyl groups is 1. The van der Waals surface area contributed by atoms with Gasteiger partial charge in [-0.15, -0.1) is 0 Å². The van der Waals surface area contributed by atoms with Crippen LogP contribution >= 0.6 is 0 Å². The number of aromatic nitrogens is 2. The second-order valence-electron chi connectivity index (χ2n) is 5.74. The molecular formula is C15H18FN3O2. The van der Waals surface area contributed by atoms with Crippen molar-refractivity contribution in [2.75, 3.05) is 19.7 Å². The van der Waals surface area contributed by atoms with E-state index in [0.717, 1.165) is 5.56 Å². The maximum atomic E-state index is 14.0. The third kappa shape index (κ3) is 2.69. The van der Waals surface area contributed by atoms with Crippen molar-refractivity contribution in [3.05, 3.63) is 46.0 Å². The van der Waals surface area contributed by atoms with Crippen LogP contribution in [0.5, 0.6) is 0 Å². The summed E-state index contributed by atoms with van der Waals surface area (Å²) in [5, 5.41) is 9.06. The van der Waals surface area contributed by atoms with Crippen molar-refractivity contribution in [2.24, 2.45) is 0 Å². The third-order valence-corrected chi connectivity index (χ3v) is 3.99. The highest BCUT2D eigenvalue weighted by atomic mass is 19.1. The average molecular weight is 291 g/mol. The Morgan fingerprint density at radius 1 is 1.52 bits per heavy atom. The van der Waals surface area contributed by atoms with Crippen LogP contribution in [0.4, 0.5) is 4.39 Å². The first-order chi connectivity index (χ1) is 10.0. The number of aliphatic hydroxyl groups excluding tert-OH is 1. The fraction of sp³-hybridized carbons (Fsp3) is 0.467. The molecule has 0 aliphatic carbocycles. The Kier molecular flexibility index (Phi) is 3.51. The predicted octanol–water partition coefficient (Wildman–Crippen LogP) is 0.909. The molecule has 0 spiro atoms. The van der Waals surface area contributed by atoms with Crippen molar-refractivity contribution in [3.63, 3.8) is 0 Å². The van der Waals surface area contributed by atoms with E-state index in [1.165, 1.54) is 10.5 Å². The van der Waals surface area contributed by atoms with E-state index in [9.17, 15) is 9.18 Å². The lowest BCUT2D eigenvalue weighted by Crippen LogP contribution is -2.32. The van der Waals surface area contributed by atoms with E-state index in [1.54, 1.807) is 6.20 Å². The van der Waals surface area contributed by atoms with Gasteiger partial charge in [0, 0.05) is 31.9 Å². The molecule has 21 heavy (non-hydrogen) atoms. The fourth-order valence-corrected chi connectivity index (χ4v) is 2.80. The zero-order valence-corrected chi connectivity index (χ0v) is 11.9. The molecule has 1 fully saturated rings. The Bertz CT molecular complexity index is 730. The van der Waals surface area contributed by atoms with Gasteiger partial charge in [-0.2, -0.15) is 0 Å². The molecule has 1 unspecified atom stereocenters. The number of hydrogen-bond acceptors (Lipinski definition) is 4. The first-order valence-electron chi connectivity index (χ1n) is 7.01. The molecule has 3 heterocycles. The molecule has 1 N–H and O–H groups in total. The van der Waals surface area contributed by atoms with Gasteiger partial charge >= 0.3 is 0 Å². The molecule has 0 radical (unpaired) electrons. The van der Waals surface area contributed by atoms with Crippen LogP contribution in [0, 0.1) is 6.92 Å². The highest BCUT2D eigenvalue weighted by molar-refractivity contribution is 5.46. The van der Waals surface area contributed by atoms with E-state index in [4.69, 9.17) is 5.11 Å². The molecule has 5 nitrogen and oxygen atoms in total. The molecule has 2 aromatic heterocycles. The van der Waals surface area contributed by atoms with Crippen molar-refractivity contribution >= 4 is 5.65 Å². The number of rotatable bonds is 3. The maximum Gasteiger partial charge on any atom is 0.258 e. The van der Waals surface area contributed by atoms with Crippen LogP contribution in [0.2, 0.25) is 0 Å². The number of aryl methyl sites for hydroxylation is 1. The molecule has 0 amide bonds. The molecule has 2 aromatic rings. The molecule has 0 aromatic carbocycles. The highest BCUT2D eigenvalue weighted by Gasteiger charge is 2.37. The largest absolute Gasteiger partial charge is 0.393 e. The van der Waals surface area contributed by atoms with Crippen molar-refractivity contribution < 1.29 is 9.50 Å². The van der Waals surface area contributed by atoms with Gasteiger partial charge in [-0.1, -0.05) is 6.07 Å². The molecule has 6 heteroatoms. The number of nitrogens with zero attached hydrogens (tertiary/aromatic N) is 3. The molecule has 1 saturated heterocycles. The second kappa shape index (κ2) is 5.20. The van der Waals surface area contributed by atoms with Crippen molar-refractivity contribution in [1.82, 2.24) is 14.3 Å². The summed E-state index contributed by atoms with van der Waals surface area (Å²) >= 11 is 0. The normalized spacial score (nSPS) is 23.0. The van der Waals surface area contributed by atoms with Crippen molar-refractivity contribution in [1.29, 1.82) is 0 Å². The van der Waals surface area contributed by atoms with Gasteiger partial charge in [0.15, 0.2) is 0 Å². The van der Waals surface area contributed by atoms with Crippen LogP contribution in [0.1, 0.15) is 17.7 Å². The summed E-state index contributed by atoms with van der Waals surface area (Å²) in [5.74, 6) is 0. The molecule has 1 atom stereocenters. The summed E-state index contributed by atoms with van der Waals surface area (Å²) in [5.41, 5.74) is 0.533. The first-order valence-corrected chi connectivity index (χ1v) is 7.01. The minimum Gasteiger partial charge on any atom is -0.393 e. The lowest BCUT2D eigenvalue weighted by atomic mass is 10.1. The number of alkyl halides is 1. The molecule has 112 valence electrons. The highest BCUT2D eigenvalue weighted by Crippen LogP contribution is 2.25. The minimum absolute atomic E-state index is 0.133. The predicted molar refractivity (Wildman–Crippen MR) is 77.0 cm³/mol. The van der Waals surface area contributed by atoms with Crippen molar-refractivity contribution in [3.8, 4) is 0 Å². The molecule has 0 saturated carbocycles. The summed E-state index contributed by atoms with van der Waals surface area (Å²) in [7, 11) is 0. The SMILES string of the molecule is Cc1cccn2c(=O)cc(CN3CCC(F)(CO)C3)nc12. The standard InChI is InChI=1S/C15H18FN3O2/c1-11-3-2-5-19-13(21)7-12(17-14(11)19)8-18-6-4-15(16,9-18)10-20/h2-3,5,7,20H,4,6,8-10H2,1H3. The Hall–Kier alpha value is -1.79. The summed E-state index contributed by atoms with van der Waals surface area (Å²) < 4.78 is 15.5. The summed E-state index contributed by atoms with van der Waals surface area (Å²) in [6.07, 6.45) is 2.00. The lowest BCUT2D eigenvalue weighted by molar-refractivity contribution is 0.0768. The van der Waals surface area contributed by atoms with Crippen LogP contribution in [0.25, 0.3) is 5.65 Å². The van der Waals surface area contributed by atoms with Crippen LogP contribution in [-0.2, 0) is 6.54 Å². The van der Waals surface area contributed by atoms with Gasteiger partial charge < -0.3 is 5.11 Å². The van der Waals surface area contributed by atoms with E-state index in [2.05, 4.69) is 4.98 Å². The Labute approximate surface area is 121 Å². The summed E-state index contributed by atoms with van der Waals surface area (Å²) in [6.45, 7) is 2.60. The van der Waals surface area contributed by atoms with Crippen molar-refractivity contribution in [2.45, 2.75) is 25.6 Å². The monoisotopic (exact) mass is 291 g/mol. The summed E-state index contributed by atoms with van der Waals surface area (Å²) in [6, 6.07) is 5.20. The molecule has 1 aliphatic rings. The van der Waals surface area contributed by atoms with Gasteiger partial charge in [-0.25, -0.2) is 9.37 Å². The lowest BCUT2D eigenvalue weighted by Gasteiger charge is -2.18. The van der Waals surface area contributed by atoms with Gasteiger partial charge in [0.2, 0.25) is 0 Å². The van der Waals surface area contributed by atoms with Gasteiger partial charge in [-0.3, -0.25) is 14.1 Å². The number of hydrogen-bond donors (Lipinski definition) is 1. The maximum absolute atomic E-state index is 14.0. The number of likely N-dealkylation sites (tertiary alicyclic amines) is 1. The topological polar surface area (TPSA) is 57.8 Å². The number of fused-ring (bicyclic) bond motifs is 1.